The zero-order chi connectivity index (χ0) is 14.4. The first-order chi connectivity index (χ1) is 9.70. The van der Waals surface area contributed by atoms with Crippen LogP contribution in [0, 0.1) is 11.8 Å². The number of rotatable bonds is 2. The van der Waals surface area contributed by atoms with Gasteiger partial charge in [-0.3, -0.25) is 9.78 Å². The van der Waals surface area contributed by atoms with Gasteiger partial charge in [0.1, 0.15) is 0 Å². The molecule has 0 spiro atoms. The third-order valence-corrected chi connectivity index (χ3v) is 2.71. The van der Waals surface area contributed by atoms with Crippen LogP contribution in [0.2, 0.25) is 5.02 Å². The number of hydrogen-bond acceptors (Lipinski definition) is 3. The second-order valence-corrected chi connectivity index (χ2v) is 4.33. The molecule has 2 rings (SSSR count). The summed E-state index contributed by atoms with van der Waals surface area (Å²) in [5.41, 5.74) is 7.04. The zero-order valence-corrected chi connectivity index (χ0v) is 11.3. The van der Waals surface area contributed by atoms with E-state index in [1.165, 1.54) is 6.20 Å². The summed E-state index contributed by atoms with van der Waals surface area (Å²) in [6, 6.07) is 8.46. The van der Waals surface area contributed by atoms with Gasteiger partial charge in [0.05, 0.1) is 17.8 Å². The van der Waals surface area contributed by atoms with Gasteiger partial charge in [0.2, 0.25) is 0 Å². The van der Waals surface area contributed by atoms with Gasteiger partial charge in [-0.25, -0.2) is 0 Å². The quantitative estimate of drug-likeness (QED) is 0.832. The summed E-state index contributed by atoms with van der Waals surface area (Å²) < 4.78 is 0. The Balaban J connectivity index is 2.27. The minimum Gasteiger partial charge on any atom is -0.321 e. The topological polar surface area (TPSA) is 68.0 Å². The van der Waals surface area contributed by atoms with Crippen molar-refractivity contribution in [1.29, 1.82) is 0 Å². The van der Waals surface area contributed by atoms with E-state index in [1.54, 1.807) is 36.5 Å². The maximum Gasteiger partial charge on any atom is 0.257 e. The first-order valence-electron chi connectivity index (χ1n) is 5.90. The second kappa shape index (κ2) is 6.71. The van der Waals surface area contributed by atoms with Crippen molar-refractivity contribution in [3.63, 3.8) is 0 Å². The van der Waals surface area contributed by atoms with Gasteiger partial charge in [0.25, 0.3) is 5.91 Å². The summed E-state index contributed by atoms with van der Waals surface area (Å²) >= 11 is 5.93. The molecule has 20 heavy (non-hydrogen) atoms. The molecule has 100 valence electrons. The molecule has 1 amide bonds. The highest BCUT2D eigenvalue weighted by molar-refractivity contribution is 6.30. The van der Waals surface area contributed by atoms with Gasteiger partial charge in [-0.15, -0.1) is 0 Å². The van der Waals surface area contributed by atoms with Crippen molar-refractivity contribution in [2.45, 2.75) is 0 Å². The molecule has 4 nitrogen and oxygen atoms in total. The molecule has 0 saturated heterocycles. The van der Waals surface area contributed by atoms with E-state index in [4.69, 9.17) is 17.3 Å². The summed E-state index contributed by atoms with van der Waals surface area (Å²) in [7, 11) is 0. The summed E-state index contributed by atoms with van der Waals surface area (Å²) in [6.45, 7) is 0.239. The number of carbonyl (C=O) groups is 1. The number of benzene rings is 1. The van der Waals surface area contributed by atoms with E-state index in [9.17, 15) is 4.79 Å². The molecule has 3 N–H and O–H groups in total. The van der Waals surface area contributed by atoms with Crippen molar-refractivity contribution in [1.82, 2.24) is 4.98 Å². The lowest BCUT2D eigenvalue weighted by Crippen LogP contribution is -2.13. The van der Waals surface area contributed by atoms with Gasteiger partial charge in [0, 0.05) is 23.0 Å². The molecule has 0 fully saturated rings. The van der Waals surface area contributed by atoms with Crippen molar-refractivity contribution in [3.8, 4) is 11.8 Å². The first kappa shape index (κ1) is 14.1. The molecule has 0 saturated carbocycles. The number of amides is 1. The largest absolute Gasteiger partial charge is 0.321 e. The van der Waals surface area contributed by atoms with Crippen molar-refractivity contribution < 1.29 is 4.79 Å². The van der Waals surface area contributed by atoms with Crippen LogP contribution in [-0.2, 0) is 0 Å². The average molecular weight is 286 g/mol. The van der Waals surface area contributed by atoms with Crippen LogP contribution >= 0.6 is 11.6 Å². The highest BCUT2D eigenvalue weighted by Gasteiger charge is 2.08. The summed E-state index contributed by atoms with van der Waals surface area (Å²) in [5.74, 6) is 5.37. The molecule has 0 bridgehead atoms. The summed E-state index contributed by atoms with van der Waals surface area (Å²) in [6.07, 6.45) is 3.10. The second-order valence-electron chi connectivity index (χ2n) is 3.89. The molecule has 5 heteroatoms. The Labute approximate surface area is 122 Å². The van der Waals surface area contributed by atoms with E-state index in [0.29, 0.717) is 21.8 Å². The number of hydrogen-bond donors (Lipinski definition) is 2. The lowest BCUT2D eigenvalue weighted by molar-refractivity contribution is 0.102. The van der Waals surface area contributed by atoms with Crippen LogP contribution in [0.25, 0.3) is 0 Å². The van der Waals surface area contributed by atoms with Crippen LogP contribution in [0.3, 0.4) is 0 Å². The molecule has 1 heterocycles. The number of anilines is 1. The molecule has 0 aliphatic heterocycles. The highest BCUT2D eigenvalue weighted by atomic mass is 35.5. The van der Waals surface area contributed by atoms with E-state index in [-0.39, 0.29) is 12.5 Å². The fourth-order valence-electron chi connectivity index (χ4n) is 1.57. The molecule has 0 radical (unpaired) electrons. The number of nitrogens with two attached hydrogens (primary N) is 1. The molecule has 1 aromatic heterocycles. The Morgan fingerprint density at radius 3 is 2.95 bits per heavy atom. The normalized spacial score (nSPS) is 9.50. The maximum atomic E-state index is 12.1. The smallest absolute Gasteiger partial charge is 0.257 e. The van der Waals surface area contributed by atoms with E-state index in [2.05, 4.69) is 22.1 Å². The number of nitrogens with zero attached hydrogens (tertiary/aromatic N) is 1. The maximum absolute atomic E-state index is 12.1. The molecule has 0 aliphatic carbocycles. The Kier molecular flexibility index (Phi) is 4.72. The van der Waals surface area contributed by atoms with Crippen LogP contribution in [0.5, 0.6) is 0 Å². The van der Waals surface area contributed by atoms with E-state index in [0.717, 1.165) is 0 Å². The minimum absolute atomic E-state index is 0.239. The Bertz CT molecular complexity index is 675. The van der Waals surface area contributed by atoms with Gasteiger partial charge in [0.15, 0.2) is 0 Å². The van der Waals surface area contributed by atoms with Crippen LogP contribution < -0.4 is 11.1 Å². The van der Waals surface area contributed by atoms with Crippen molar-refractivity contribution >= 4 is 23.2 Å². The lowest BCUT2D eigenvalue weighted by Gasteiger charge is -2.07. The van der Waals surface area contributed by atoms with Crippen LogP contribution in [0.1, 0.15) is 15.9 Å². The fourth-order valence-corrected chi connectivity index (χ4v) is 1.74. The molecule has 0 unspecified atom stereocenters. The molecule has 0 atom stereocenters. The molecule has 1 aromatic carbocycles. The van der Waals surface area contributed by atoms with E-state index in [1.807, 2.05) is 0 Å². The minimum atomic E-state index is -0.253. The third-order valence-electron chi connectivity index (χ3n) is 2.48. The predicted octanol–water partition coefficient (Wildman–Crippen LogP) is 2.30. The van der Waals surface area contributed by atoms with E-state index >= 15 is 0 Å². The highest BCUT2D eigenvalue weighted by Crippen LogP contribution is 2.20. The zero-order valence-electron chi connectivity index (χ0n) is 10.6. The number of pyridine rings is 1. The number of aromatic nitrogens is 1. The van der Waals surface area contributed by atoms with Gasteiger partial charge in [-0.05, 0) is 30.3 Å². The third kappa shape index (κ3) is 3.58. The lowest BCUT2D eigenvalue weighted by atomic mass is 10.1. The van der Waals surface area contributed by atoms with Gasteiger partial charge < -0.3 is 11.1 Å². The molecular weight excluding hydrogens is 274 g/mol. The van der Waals surface area contributed by atoms with E-state index < -0.39 is 0 Å². The summed E-state index contributed by atoms with van der Waals surface area (Å²) in [5, 5.41) is 3.33. The number of nitrogens with one attached hydrogen (secondary N) is 1. The van der Waals surface area contributed by atoms with Crippen LogP contribution in [0.4, 0.5) is 5.69 Å². The van der Waals surface area contributed by atoms with Crippen molar-refractivity contribution in [2.24, 2.45) is 5.73 Å². The Morgan fingerprint density at radius 1 is 1.40 bits per heavy atom. The molecule has 2 aromatic rings. The summed E-state index contributed by atoms with van der Waals surface area (Å²) in [4.78, 5) is 16.0. The predicted molar refractivity (Wildman–Crippen MR) is 79.6 cm³/mol. The first-order valence-corrected chi connectivity index (χ1v) is 6.28. The number of halogens is 1. The monoisotopic (exact) mass is 285 g/mol. The fraction of sp³-hybridized carbons (Fsp3) is 0.0667. The molecular formula is C15H12ClN3O. The van der Waals surface area contributed by atoms with Crippen LogP contribution in [0.15, 0.2) is 42.7 Å². The molecule has 0 aliphatic rings. The Hall–Kier alpha value is -2.35. The van der Waals surface area contributed by atoms with Gasteiger partial charge in [-0.1, -0.05) is 23.4 Å². The number of carbonyl (C=O) groups excluding carboxylic acids is 1. The average Bonchev–Trinajstić information content (AvgIpc) is 2.48. The standard InChI is InChI=1S/C15H12ClN3O/c16-13-5-6-14(11(9-13)3-1-7-17)19-15(20)12-4-2-8-18-10-12/h2,4-6,8-10H,7,17H2,(H,19,20). The SMILES string of the molecule is NCC#Cc1cc(Cl)ccc1NC(=O)c1cccnc1. The van der Waals surface area contributed by atoms with Crippen molar-refractivity contribution in [2.75, 3.05) is 11.9 Å². The van der Waals surface area contributed by atoms with Gasteiger partial charge in [-0.2, -0.15) is 0 Å². The van der Waals surface area contributed by atoms with Gasteiger partial charge >= 0.3 is 0 Å². The van der Waals surface area contributed by atoms with Crippen molar-refractivity contribution in [3.05, 3.63) is 58.9 Å². The van der Waals surface area contributed by atoms with Crippen LogP contribution in [-0.4, -0.2) is 17.4 Å². The Morgan fingerprint density at radius 2 is 2.25 bits per heavy atom.